The summed E-state index contributed by atoms with van der Waals surface area (Å²) in [5, 5.41) is 59.7. The van der Waals surface area contributed by atoms with Crippen molar-refractivity contribution in [2.75, 3.05) is 6.54 Å². The van der Waals surface area contributed by atoms with E-state index in [0.29, 0.717) is 5.56 Å². The lowest BCUT2D eigenvalue weighted by Gasteiger charge is -2.08. The fraction of sp³-hybridized carbons (Fsp3) is 0.333. The first-order valence-corrected chi connectivity index (χ1v) is 5.83. The molecule has 0 saturated heterocycles. The number of carbonyl (C=O) groups is 2. The fourth-order valence-corrected chi connectivity index (χ4v) is 1.15. The van der Waals surface area contributed by atoms with E-state index in [1.807, 2.05) is 0 Å². The molecule has 0 aliphatic carbocycles. The van der Waals surface area contributed by atoms with Crippen molar-refractivity contribution in [3.8, 4) is 11.5 Å². The third-order valence-electron chi connectivity index (χ3n) is 2.41. The molecule has 0 amide bonds. The number of hydrogen-bond acceptors (Lipinski definition) is 8. The number of benzene rings is 1. The number of hydrogen-bond donors (Lipinski definition) is 8. The molecule has 23 heavy (non-hydrogen) atoms. The van der Waals surface area contributed by atoms with Crippen LogP contribution in [0.5, 0.6) is 11.5 Å². The van der Waals surface area contributed by atoms with Crippen LogP contribution < -0.4 is 5.73 Å². The number of aliphatic carboxylic acids is 2. The third-order valence-corrected chi connectivity index (χ3v) is 2.41. The molecule has 11 heteroatoms. The van der Waals surface area contributed by atoms with Crippen molar-refractivity contribution in [1.29, 1.82) is 0 Å². The van der Waals surface area contributed by atoms with Crippen molar-refractivity contribution >= 4 is 11.9 Å². The monoisotopic (exact) mass is 337 g/mol. The number of carboxylic acids is 2. The zero-order chi connectivity index (χ0) is 17.4. The molecule has 132 valence electrons. The van der Waals surface area contributed by atoms with Gasteiger partial charge in [0.25, 0.3) is 0 Å². The molecule has 0 bridgehead atoms. The maximum Gasteiger partial charge on any atom is 0.335 e. The molecular weight excluding hydrogens is 318 g/mol. The molecular formula is C12H19NO10. The summed E-state index contributed by atoms with van der Waals surface area (Å²) < 4.78 is 0. The smallest absolute Gasteiger partial charge is 0.335 e. The van der Waals surface area contributed by atoms with Crippen molar-refractivity contribution in [3.05, 3.63) is 23.8 Å². The van der Waals surface area contributed by atoms with Gasteiger partial charge in [-0.1, -0.05) is 6.07 Å². The Kier molecular flexibility index (Phi) is 10.2. The van der Waals surface area contributed by atoms with Gasteiger partial charge in [0.15, 0.2) is 23.7 Å². The topological polar surface area (TPSA) is 233 Å². The van der Waals surface area contributed by atoms with Gasteiger partial charge in [-0.3, -0.25) is 0 Å². The molecule has 0 aromatic heterocycles. The van der Waals surface area contributed by atoms with Crippen LogP contribution >= 0.6 is 0 Å². The van der Waals surface area contributed by atoms with Crippen molar-refractivity contribution in [1.82, 2.24) is 0 Å². The number of phenolic OH excluding ortho intramolecular Hbond substituents is 2. The van der Waals surface area contributed by atoms with Crippen molar-refractivity contribution in [2.45, 2.75) is 18.3 Å². The summed E-state index contributed by atoms with van der Waals surface area (Å²) in [7, 11) is 0. The third kappa shape index (κ3) is 7.39. The molecule has 1 aromatic rings. The molecule has 1 aromatic carbocycles. The number of carboxylic acid groups (broad SMARTS) is 2. The Morgan fingerprint density at radius 2 is 1.39 bits per heavy atom. The SMILES string of the molecule is NC[C@H](O)c1ccc(O)c(O)c1.O.O=C(O)[C@@H](O)[C@@H](O)C(=O)O. The number of nitrogens with two attached hydrogens (primary N) is 1. The summed E-state index contributed by atoms with van der Waals surface area (Å²) in [5.41, 5.74) is 5.69. The summed E-state index contributed by atoms with van der Waals surface area (Å²) in [6, 6.07) is 4.10. The van der Waals surface area contributed by atoms with Gasteiger partial charge >= 0.3 is 11.9 Å². The predicted octanol–water partition coefficient (Wildman–Crippen LogP) is -2.86. The van der Waals surface area contributed by atoms with E-state index in [1.165, 1.54) is 18.2 Å². The molecule has 1 rings (SSSR count). The maximum atomic E-state index is 9.77. The molecule has 3 atom stereocenters. The lowest BCUT2D eigenvalue weighted by atomic mass is 10.1. The second-order valence-corrected chi connectivity index (χ2v) is 4.07. The van der Waals surface area contributed by atoms with Gasteiger partial charge in [0.2, 0.25) is 0 Å². The zero-order valence-corrected chi connectivity index (χ0v) is 11.7. The Morgan fingerprint density at radius 3 is 1.70 bits per heavy atom. The molecule has 11 N–H and O–H groups in total. The first-order chi connectivity index (χ1) is 10.1. The van der Waals surface area contributed by atoms with Crippen LogP contribution in [0.2, 0.25) is 0 Å². The van der Waals surface area contributed by atoms with Crippen LogP contribution in [-0.2, 0) is 9.59 Å². The van der Waals surface area contributed by atoms with Crippen LogP contribution in [0.4, 0.5) is 0 Å². The molecule has 0 fully saturated rings. The van der Waals surface area contributed by atoms with Crippen molar-refractivity contribution < 1.29 is 50.8 Å². The average molecular weight is 337 g/mol. The molecule has 0 spiro atoms. The highest BCUT2D eigenvalue weighted by Crippen LogP contribution is 2.27. The second kappa shape index (κ2) is 10.3. The van der Waals surface area contributed by atoms with E-state index in [0.717, 1.165) is 0 Å². The molecule has 0 saturated carbocycles. The van der Waals surface area contributed by atoms with Gasteiger partial charge in [0.1, 0.15) is 0 Å². The molecule has 0 aliphatic heterocycles. The van der Waals surface area contributed by atoms with Gasteiger partial charge in [-0.15, -0.1) is 0 Å². The van der Waals surface area contributed by atoms with Crippen molar-refractivity contribution in [3.63, 3.8) is 0 Å². The van der Waals surface area contributed by atoms with Crippen LogP contribution in [0.15, 0.2) is 18.2 Å². The molecule has 11 nitrogen and oxygen atoms in total. The van der Waals surface area contributed by atoms with Crippen LogP contribution in [0.3, 0.4) is 0 Å². The Labute approximate surface area is 129 Å². The standard InChI is InChI=1S/C8H11NO3.C4H6O6.H2O/c9-4-8(12)5-1-2-6(10)7(11)3-5;5-1(3(7)8)2(6)4(9)10;/h1-3,8,10-12H,4,9H2;1-2,5-6H,(H,7,8)(H,9,10);1H2/t8-;1-,2+;/m0../s1. The number of aromatic hydroxyl groups is 2. The van der Waals surface area contributed by atoms with Crippen LogP contribution in [0, 0.1) is 0 Å². The van der Waals surface area contributed by atoms with Gasteiger partial charge in [-0.2, -0.15) is 0 Å². The zero-order valence-electron chi connectivity index (χ0n) is 11.7. The van der Waals surface area contributed by atoms with Gasteiger partial charge in [-0.25, -0.2) is 9.59 Å². The molecule has 0 unspecified atom stereocenters. The summed E-state index contributed by atoms with van der Waals surface area (Å²) in [4.78, 5) is 19.5. The predicted molar refractivity (Wildman–Crippen MR) is 74.7 cm³/mol. The second-order valence-electron chi connectivity index (χ2n) is 4.07. The summed E-state index contributed by atoms with van der Waals surface area (Å²) >= 11 is 0. The fourth-order valence-electron chi connectivity index (χ4n) is 1.15. The van der Waals surface area contributed by atoms with Crippen LogP contribution in [0.1, 0.15) is 11.7 Å². The molecule has 0 radical (unpaired) electrons. The summed E-state index contributed by atoms with van der Waals surface area (Å²) in [6.45, 7) is 0.0875. The van der Waals surface area contributed by atoms with E-state index in [-0.39, 0.29) is 23.5 Å². The Bertz CT molecular complexity index is 503. The van der Waals surface area contributed by atoms with E-state index >= 15 is 0 Å². The lowest BCUT2D eigenvalue weighted by molar-refractivity contribution is -0.165. The first-order valence-electron chi connectivity index (χ1n) is 5.83. The highest BCUT2D eigenvalue weighted by Gasteiger charge is 2.29. The Morgan fingerprint density at radius 1 is 0.957 bits per heavy atom. The minimum atomic E-state index is -2.27. The van der Waals surface area contributed by atoms with Gasteiger partial charge in [-0.05, 0) is 17.7 Å². The quantitative estimate of drug-likeness (QED) is 0.256. The van der Waals surface area contributed by atoms with E-state index in [2.05, 4.69) is 0 Å². The van der Waals surface area contributed by atoms with Gasteiger partial charge in [0, 0.05) is 6.54 Å². The maximum absolute atomic E-state index is 9.77. The summed E-state index contributed by atoms with van der Waals surface area (Å²) in [6.07, 6.45) is -5.33. The normalized spacial score (nSPS) is 13.6. The van der Waals surface area contributed by atoms with Crippen molar-refractivity contribution in [2.24, 2.45) is 5.73 Å². The molecule has 0 heterocycles. The molecule has 0 aliphatic rings. The van der Waals surface area contributed by atoms with E-state index < -0.39 is 30.3 Å². The Balaban J connectivity index is 0. The van der Waals surface area contributed by atoms with Gasteiger partial charge in [0.05, 0.1) is 6.10 Å². The minimum absolute atomic E-state index is 0. The van der Waals surface area contributed by atoms with E-state index in [1.54, 1.807) is 0 Å². The lowest BCUT2D eigenvalue weighted by Crippen LogP contribution is -2.39. The van der Waals surface area contributed by atoms with Crippen LogP contribution in [0.25, 0.3) is 0 Å². The number of rotatable bonds is 5. The van der Waals surface area contributed by atoms with Crippen LogP contribution in [-0.4, -0.2) is 71.9 Å². The first kappa shape index (κ1) is 22.8. The summed E-state index contributed by atoms with van der Waals surface area (Å²) in [5.74, 6) is -3.99. The van der Waals surface area contributed by atoms with Gasteiger partial charge < -0.3 is 47.0 Å². The number of aliphatic hydroxyl groups is 3. The van der Waals surface area contributed by atoms with E-state index in [4.69, 9.17) is 36.4 Å². The minimum Gasteiger partial charge on any atom is -0.504 e. The number of phenols is 2. The highest BCUT2D eigenvalue weighted by atomic mass is 16.4. The Hall–Kier alpha value is -2.44. The number of aliphatic hydroxyl groups excluding tert-OH is 3. The van der Waals surface area contributed by atoms with E-state index in [9.17, 15) is 14.7 Å². The largest absolute Gasteiger partial charge is 0.504 e. The highest BCUT2D eigenvalue weighted by molar-refractivity contribution is 5.83. The average Bonchev–Trinajstić information content (AvgIpc) is 2.48.